The van der Waals surface area contributed by atoms with Gasteiger partial charge in [-0.05, 0) is 57.1 Å². The van der Waals surface area contributed by atoms with Gasteiger partial charge in [-0.1, -0.05) is 12.1 Å². The molecule has 5 heteroatoms. The zero-order valence-corrected chi connectivity index (χ0v) is 16.0. The molecule has 2 bridgehead atoms. The van der Waals surface area contributed by atoms with Crippen LogP contribution in [0.1, 0.15) is 47.4 Å². The molecule has 0 spiro atoms. The Morgan fingerprint density at radius 2 is 1.96 bits per heavy atom. The van der Waals surface area contributed by atoms with Crippen molar-refractivity contribution >= 4 is 22.8 Å². The highest BCUT2D eigenvalue weighted by atomic mass is 16.3. The lowest BCUT2D eigenvalue weighted by molar-refractivity contribution is -0.140. The van der Waals surface area contributed by atoms with Crippen LogP contribution in [0.25, 0.3) is 11.0 Å². The molecule has 0 unspecified atom stereocenters. The van der Waals surface area contributed by atoms with Crippen molar-refractivity contribution in [1.82, 2.24) is 9.80 Å². The molecule has 3 saturated heterocycles. The third-order valence-electron chi connectivity index (χ3n) is 6.52. The largest absolute Gasteiger partial charge is 0.451 e. The van der Waals surface area contributed by atoms with Gasteiger partial charge in [-0.3, -0.25) is 9.59 Å². The van der Waals surface area contributed by atoms with Crippen molar-refractivity contribution in [3.63, 3.8) is 0 Å². The quantitative estimate of drug-likeness (QED) is 0.835. The maximum Gasteiger partial charge on any atom is 0.289 e. The van der Waals surface area contributed by atoms with Crippen molar-refractivity contribution in [2.24, 2.45) is 11.8 Å². The van der Waals surface area contributed by atoms with Gasteiger partial charge in [0.05, 0.1) is 5.92 Å². The van der Waals surface area contributed by atoms with Gasteiger partial charge in [0.1, 0.15) is 5.58 Å². The Bertz CT molecular complexity index is 927. The second-order valence-electron chi connectivity index (χ2n) is 8.63. The second kappa shape index (κ2) is 6.11. The highest BCUT2D eigenvalue weighted by molar-refractivity contribution is 5.99. The Kier molecular flexibility index (Phi) is 3.81. The number of hydrogen-bond donors (Lipinski definition) is 0. The minimum absolute atomic E-state index is 0.0571. The Morgan fingerprint density at radius 1 is 1.15 bits per heavy atom. The van der Waals surface area contributed by atoms with E-state index in [0.29, 0.717) is 24.8 Å². The first kappa shape index (κ1) is 16.8. The van der Waals surface area contributed by atoms with Gasteiger partial charge >= 0.3 is 0 Å². The van der Waals surface area contributed by atoms with E-state index in [9.17, 15) is 9.59 Å². The molecule has 5 nitrogen and oxygen atoms in total. The van der Waals surface area contributed by atoms with E-state index in [1.165, 1.54) is 12.8 Å². The molecule has 2 amide bonds. The van der Waals surface area contributed by atoms with Gasteiger partial charge in [0, 0.05) is 36.6 Å². The van der Waals surface area contributed by atoms with Crippen LogP contribution in [0.3, 0.4) is 0 Å². The summed E-state index contributed by atoms with van der Waals surface area (Å²) in [4.78, 5) is 30.1. The number of furan rings is 1. The first-order chi connectivity index (χ1) is 13.0. The molecule has 0 N–H and O–H groups in total. The normalized spacial score (nSPS) is 25.3. The number of fused-ring (bicyclic) bond motifs is 5. The first-order valence-corrected chi connectivity index (χ1v) is 10.1. The molecule has 1 aromatic carbocycles. The molecule has 0 radical (unpaired) electrons. The van der Waals surface area contributed by atoms with Crippen LogP contribution in [-0.4, -0.2) is 47.3 Å². The van der Waals surface area contributed by atoms with Crippen molar-refractivity contribution in [2.75, 3.05) is 19.6 Å². The fourth-order valence-corrected chi connectivity index (χ4v) is 4.71. The lowest BCUT2D eigenvalue weighted by Gasteiger charge is -2.36. The van der Waals surface area contributed by atoms with Gasteiger partial charge in [0.2, 0.25) is 5.91 Å². The fourth-order valence-electron chi connectivity index (χ4n) is 4.71. The number of nitrogens with zero attached hydrogens (tertiary/aromatic N) is 2. The third-order valence-corrected chi connectivity index (χ3v) is 6.52. The van der Waals surface area contributed by atoms with Crippen LogP contribution in [0.4, 0.5) is 0 Å². The van der Waals surface area contributed by atoms with Crippen LogP contribution in [0.15, 0.2) is 22.6 Å². The van der Waals surface area contributed by atoms with E-state index in [0.717, 1.165) is 41.5 Å². The molecule has 142 valence electrons. The predicted molar refractivity (Wildman–Crippen MR) is 103 cm³/mol. The highest BCUT2D eigenvalue weighted by Crippen LogP contribution is 2.36. The molecular formula is C22H26N2O3. The number of aryl methyl sites for hydroxylation is 2. The number of piperidine rings is 1. The van der Waals surface area contributed by atoms with E-state index in [-0.39, 0.29) is 23.8 Å². The second-order valence-corrected chi connectivity index (χ2v) is 8.63. The molecule has 1 saturated carbocycles. The van der Waals surface area contributed by atoms with Crippen LogP contribution in [0.2, 0.25) is 0 Å². The number of amides is 2. The van der Waals surface area contributed by atoms with E-state index in [2.05, 4.69) is 4.90 Å². The number of hydrogen-bond acceptors (Lipinski definition) is 3. The molecule has 4 fully saturated rings. The van der Waals surface area contributed by atoms with Gasteiger partial charge in [-0.15, -0.1) is 0 Å². The topological polar surface area (TPSA) is 53.8 Å². The monoisotopic (exact) mass is 366 g/mol. The van der Waals surface area contributed by atoms with E-state index in [4.69, 9.17) is 4.42 Å². The Hall–Kier alpha value is -2.30. The molecule has 2 aromatic rings. The predicted octanol–water partition coefficient (Wildman–Crippen LogP) is 3.52. The Labute approximate surface area is 159 Å². The minimum Gasteiger partial charge on any atom is -0.451 e. The zero-order chi connectivity index (χ0) is 18.7. The number of carbonyl (C=O) groups is 2. The van der Waals surface area contributed by atoms with Crippen LogP contribution in [-0.2, 0) is 4.79 Å². The summed E-state index contributed by atoms with van der Waals surface area (Å²) >= 11 is 0. The standard InChI is InChI=1S/C22H26N2O3/c1-13-3-8-18-14(2)20(27-19(18)9-13)22(26)23-11-16-6-7-17(12-23)24(21(16)25)10-15-4-5-15/h3,8-9,15-17H,4-7,10-12H2,1-2H3/t16-,17+/m1/s1. The van der Waals surface area contributed by atoms with Crippen molar-refractivity contribution in [3.05, 3.63) is 35.1 Å². The highest BCUT2D eigenvalue weighted by Gasteiger charge is 2.44. The van der Waals surface area contributed by atoms with Crippen molar-refractivity contribution < 1.29 is 14.0 Å². The van der Waals surface area contributed by atoms with Crippen molar-refractivity contribution in [2.45, 2.75) is 45.6 Å². The maximum absolute atomic E-state index is 13.3. The lowest BCUT2D eigenvalue weighted by Crippen LogP contribution is -2.48. The molecule has 6 rings (SSSR count). The summed E-state index contributed by atoms with van der Waals surface area (Å²) < 4.78 is 5.96. The van der Waals surface area contributed by atoms with Gasteiger partial charge < -0.3 is 14.2 Å². The average Bonchev–Trinajstić information content (AvgIpc) is 3.45. The van der Waals surface area contributed by atoms with E-state index >= 15 is 0 Å². The van der Waals surface area contributed by atoms with Crippen molar-refractivity contribution in [3.8, 4) is 0 Å². The Balaban J connectivity index is 1.44. The lowest BCUT2D eigenvalue weighted by atomic mass is 9.94. The summed E-state index contributed by atoms with van der Waals surface area (Å²) in [5.41, 5.74) is 2.78. The summed E-state index contributed by atoms with van der Waals surface area (Å²) in [6, 6.07) is 6.20. The summed E-state index contributed by atoms with van der Waals surface area (Å²) in [6.07, 6.45) is 4.38. The number of rotatable bonds is 3. The van der Waals surface area contributed by atoms with Gasteiger partial charge in [-0.25, -0.2) is 0 Å². The summed E-state index contributed by atoms with van der Waals surface area (Å²) in [7, 11) is 0. The van der Waals surface area contributed by atoms with Crippen LogP contribution in [0, 0.1) is 25.7 Å². The molecule has 3 aliphatic heterocycles. The number of carbonyl (C=O) groups excluding carboxylic acids is 2. The minimum atomic E-state index is -0.0701. The van der Waals surface area contributed by atoms with Crippen LogP contribution < -0.4 is 0 Å². The fraction of sp³-hybridized carbons (Fsp3) is 0.545. The zero-order valence-electron chi connectivity index (χ0n) is 16.0. The van der Waals surface area contributed by atoms with E-state index < -0.39 is 0 Å². The van der Waals surface area contributed by atoms with Crippen molar-refractivity contribution in [1.29, 1.82) is 0 Å². The molecular weight excluding hydrogens is 340 g/mol. The molecule has 1 aliphatic carbocycles. The summed E-state index contributed by atoms with van der Waals surface area (Å²) in [5.74, 6) is 1.24. The summed E-state index contributed by atoms with van der Waals surface area (Å²) in [5, 5.41) is 0.994. The van der Waals surface area contributed by atoms with E-state index in [1.807, 2.05) is 36.9 Å². The number of benzene rings is 1. The smallest absolute Gasteiger partial charge is 0.289 e. The molecule has 27 heavy (non-hydrogen) atoms. The summed E-state index contributed by atoms with van der Waals surface area (Å²) in [6.45, 7) is 6.00. The van der Waals surface area contributed by atoms with Crippen LogP contribution in [0.5, 0.6) is 0 Å². The third kappa shape index (κ3) is 2.84. The SMILES string of the molecule is Cc1ccc2c(C)c(C(=O)N3C[C@H]4CC[C@@H](C3)N(CC3CC3)C4=O)oc2c1. The molecule has 4 aliphatic rings. The first-order valence-electron chi connectivity index (χ1n) is 10.1. The average molecular weight is 366 g/mol. The van der Waals surface area contributed by atoms with Gasteiger partial charge in [0.25, 0.3) is 5.91 Å². The molecule has 4 heterocycles. The maximum atomic E-state index is 13.3. The van der Waals surface area contributed by atoms with Crippen LogP contribution >= 0.6 is 0 Å². The molecule has 1 aromatic heterocycles. The molecule has 2 atom stereocenters. The Morgan fingerprint density at radius 3 is 2.74 bits per heavy atom. The van der Waals surface area contributed by atoms with Gasteiger partial charge in [-0.2, -0.15) is 0 Å². The van der Waals surface area contributed by atoms with Gasteiger partial charge in [0.15, 0.2) is 5.76 Å². The van der Waals surface area contributed by atoms with E-state index in [1.54, 1.807) is 0 Å².